The first-order valence-corrected chi connectivity index (χ1v) is 5.02. The Kier molecular flexibility index (Phi) is 3.58. The van der Waals surface area contributed by atoms with Gasteiger partial charge in [0.15, 0.2) is 0 Å². The minimum absolute atomic E-state index is 0.116. The van der Waals surface area contributed by atoms with Gasteiger partial charge in [-0.3, -0.25) is 0 Å². The second-order valence-electron chi connectivity index (χ2n) is 3.22. The topological polar surface area (TPSA) is 46.5 Å². The number of rotatable bonds is 3. The largest absolute Gasteiger partial charge is 0.493 e. The van der Waals surface area contributed by atoms with Crippen molar-refractivity contribution < 1.29 is 14.6 Å². The van der Waals surface area contributed by atoms with E-state index in [9.17, 15) is 4.79 Å². The summed E-state index contributed by atoms with van der Waals surface area (Å²) in [5.74, 6) is -0.615. The maximum Gasteiger partial charge on any atom is 0.339 e. The van der Waals surface area contributed by atoms with Gasteiger partial charge in [-0.2, -0.15) is 0 Å². The Bertz CT molecular complexity index is 399. The molecule has 0 aliphatic rings. The van der Waals surface area contributed by atoms with Crippen LogP contribution in [-0.4, -0.2) is 17.7 Å². The van der Waals surface area contributed by atoms with Crippen LogP contribution in [0.4, 0.5) is 0 Å². The number of benzene rings is 1. The van der Waals surface area contributed by atoms with Gasteiger partial charge in [-0.1, -0.05) is 11.6 Å². The zero-order valence-corrected chi connectivity index (χ0v) is 9.68. The van der Waals surface area contributed by atoms with Crippen LogP contribution in [0.1, 0.15) is 28.4 Å². The van der Waals surface area contributed by atoms with E-state index < -0.39 is 5.97 Å². The lowest BCUT2D eigenvalue weighted by atomic mass is 10.0. The molecule has 0 aliphatic carbocycles. The first kappa shape index (κ1) is 11.9. The van der Waals surface area contributed by atoms with Crippen molar-refractivity contribution in [2.75, 3.05) is 6.61 Å². The van der Waals surface area contributed by atoms with E-state index in [0.717, 1.165) is 11.1 Å². The molecule has 0 bridgehead atoms. The molecule has 15 heavy (non-hydrogen) atoms. The van der Waals surface area contributed by atoms with Crippen molar-refractivity contribution in [1.82, 2.24) is 0 Å². The lowest BCUT2D eigenvalue weighted by Gasteiger charge is -2.13. The first-order valence-electron chi connectivity index (χ1n) is 4.64. The molecule has 1 N–H and O–H groups in total. The molecule has 0 heterocycles. The number of hydrogen-bond donors (Lipinski definition) is 1. The van der Waals surface area contributed by atoms with Crippen LogP contribution < -0.4 is 4.74 Å². The summed E-state index contributed by atoms with van der Waals surface area (Å²) in [5.41, 5.74) is 1.75. The third-order valence-electron chi connectivity index (χ3n) is 2.30. The fourth-order valence-corrected chi connectivity index (χ4v) is 1.59. The molecule has 0 aliphatic heterocycles. The van der Waals surface area contributed by atoms with Gasteiger partial charge in [0.2, 0.25) is 0 Å². The van der Waals surface area contributed by atoms with E-state index in [1.165, 1.54) is 6.07 Å². The standard InChI is InChI=1S/C11H13ClO3/c1-4-15-10-7(3)6(2)9(12)5-8(10)11(13)14/h5H,4H2,1-3H3,(H,13,14). The van der Waals surface area contributed by atoms with Gasteiger partial charge in [0.25, 0.3) is 0 Å². The molecule has 0 aromatic heterocycles. The highest BCUT2D eigenvalue weighted by atomic mass is 35.5. The molecule has 0 atom stereocenters. The molecule has 0 saturated carbocycles. The monoisotopic (exact) mass is 228 g/mol. The van der Waals surface area contributed by atoms with Gasteiger partial charge in [-0.05, 0) is 38.0 Å². The number of ether oxygens (including phenoxy) is 1. The summed E-state index contributed by atoms with van der Waals surface area (Å²) < 4.78 is 5.33. The molecule has 0 unspecified atom stereocenters. The van der Waals surface area contributed by atoms with Crippen LogP contribution in [0.2, 0.25) is 5.02 Å². The fraction of sp³-hybridized carbons (Fsp3) is 0.364. The molecule has 0 radical (unpaired) electrons. The Hall–Kier alpha value is -1.22. The highest BCUT2D eigenvalue weighted by Gasteiger charge is 2.17. The zero-order chi connectivity index (χ0) is 11.6. The number of carboxylic acids is 1. The summed E-state index contributed by atoms with van der Waals surface area (Å²) in [6, 6.07) is 1.43. The van der Waals surface area contributed by atoms with E-state index in [1.54, 1.807) is 6.92 Å². The van der Waals surface area contributed by atoms with Gasteiger partial charge < -0.3 is 9.84 Å². The second kappa shape index (κ2) is 4.53. The smallest absolute Gasteiger partial charge is 0.339 e. The average Bonchev–Trinajstić information content (AvgIpc) is 2.18. The normalized spacial score (nSPS) is 10.1. The van der Waals surface area contributed by atoms with E-state index in [4.69, 9.17) is 21.4 Å². The van der Waals surface area contributed by atoms with E-state index in [2.05, 4.69) is 0 Å². The van der Waals surface area contributed by atoms with Crippen LogP contribution >= 0.6 is 11.6 Å². The molecule has 0 amide bonds. The zero-order valence-electron chi connectivity index (χ0n) is 8.93. The summed E-state index contributed by atoms with van der Waals surface area (Å²) in [7, 11) is 0. The van der Waals surface area contributed by atoms with Crippen molar-refractivity contribution in [2.45, 2.75) is 20.8 Å². The molecule has 3 nitrogen and oxygen atoms in total. The van der Waals surface area contributed by atoms with E-state index >= 15 is 0 Å². The van der Waals surface area contributed by atoms with Crippen LogP contribution in [0, 0.1) is 13.8 Å². The van der Waals surface area contributed by atoms with Crippen molar-refractivity contribution in [2.24, 2.45) is 0 Å². The fourth-order valence-electron chi connectivity index (χ4n) is 1.34. The maximum atomic E-state index is 11.0. The van der Waals surface area contributed by atoms with Gasteiger partial charge in [-0.25, -0.2) is 4.79 Å². The predicted octanol–water partition coefficient (Wildman–Crippen LogP) is 3.05. The Morgan fingerprint density at radius 3 is 2.53 bits per heavy atom. The minimum Gasteiger partial charge on any atom is -0.493 e. The molecule has 0 fully saturated rings. The highest BCUT2D eigenvalue weighted by Crippen LogP contribution is 2.31. The maximum absolute atomic E-state index is 11.0. The van der Waals surface area contributed by atoms with Crippen molar-refractivity contribution >= 4 is 17.6 Å². The van der Waals surface area contributed by atoms with Crippen LogP contribution in [0.25, 0.3) is 0 Å². The van der Waals surface area contributed by atoms with Crippen molar-refractivity contribution in [3.63, 3.8) is 0 Å². The van der Waals surface area contributed by atoms with Gasteiger partial charge in [0.1, 0.15) is 11.3 Å². The molecular weight excluding hydrogens is 216 g/mol. The number of hydrogen-bond acceptors (Lipinski definition) is 2. The summed E-state index contributed by atoms with van der Waals surface area (Å²) in [6.07, 6.45) is 0. The summed E-state index contributed by atoms with van der Waals surface area (Å²) in [5, 5.41) is 9.45. The SMILES string of the molecule is CCOc1c(C(=O)O)cc(Cl)c(C)c1C. The third kappa shape index (κ3) is 2.23. The Balaban J connectivity index is 3.43. The van der Waals surface area contributed by atoms with E-state index in [-0.39, 0.29) is 5.56 Å². The van der Waals surface area contributed by atoms with E-state index in [1.807, 2.05) is 13.8 Å². The van der Waals surface area contributed by atoms with Crippen molar-refractivity contribution in [3.8, 4) is 5.75 Å². The molecule has 4 heteroatoms. The van der Waals surface area contributed by atoms with Crippen LogP contribution in [0.3, 0.4) is 0 Å². The highest BCUT2D eigenvalue weighted by molar-refractivity contribution is 6.31. The van der Waals surface area contributed by atoms with Gasteiger partial charge in [0, 0.05) is 5.02 Å². The van der Waals surface area contributed by atoms with E-state index in [0.29, 0.717) is 17.4 Å². The van der Waals surface area contributed by atoms with Crippen molar-refractivity contribution in [3.05, 3.63) is 27.8 Å². The Morgan fingerprint density at radius 1 is 1.47 bits per heavy atom. The number of carboxylic acid groups (broad SMARTS) is 1. The van der Waals surface area contributed by atoms with Crippen molar-refractivity contribution in [1.29, 1.82) is 0 Å². The minimum atomic E-state index is -1.02. The quantitative estimate of drug-likeness (QED) is 0.865. The second-order valence-corrected chi connectivity index (χ2v) is 3.63. The first-order chi connectivity index (χ1) is 6.99. The van der Waals surface area contributed by atoms with Crippen LogP contribution in [0.15, 0.2) is 6.07 Å². The van der Waals surface area contributed by atoms with Gasteiger partial charge in [0.05, 0.1) is 6.61 Å². The van der Waals surface area contributed by atoms with Crippen LogP contribution in [-0.2, 0) is 0 Å². The predicted molar refractivity (Wildman–Crippen MR) is 59.1 cm³/mol. The summed E-state index contributed by atoms with van der Waals surface area (Å²) in [4.78, 5) is 11.0. The number of halogens is 1. The van der Waals surface area contributed by atoms with Gasteiger partial charge in [-0.15, -0.1) is 0 Å². The average molecular weight is 229 g/mol. The summed E-state index contributed by atoms with van der Waals surface area (Å²) >= 11 is 5.92. The molecule has 1 aromatic carbocycles. The Labute approximate surface area is 93.6 Å². The van der Waals surface area contributed by atoms with Gasteiger partial charge >= 0.3 is 5.97 Å². The molecule has 0 spiro atoms. The lowest BCUT2D eigenvalue weighted by Crippen LogP contribution is -2.06. The lowest BCUT2D eigenvalue weighted by molar-refractivity contribution is 0.0692. The molecule has 82 valence electrons. The summed E-state index contributed by atoms with van der Waals surface area (Å²) in [6.45, 7) is 5.89. The molecule has 1 rings (SSSR count). The molecule has 0 saturated heterocycles. The number of carbonyl (C=O) groups is 1. The Morgan fingerprint density at radius 2 is 2.07 bits per heavy atom. The number of aromatic carboxylic acids is 1. The molecular formula is C11H13ClO3. The third-order valence-corrected chi connectivity index (χ3v) is 2.69. The van der Waals surface area contributed by atoms with Crippen LogP contribution in [0.5, 0.6) is 5.75 Å². The molecule has 1 aromatic rings.